The molecule has 0 amide bonds. The number of ether oxygens (including phenoxy) is 1. The van der Waals surface area contributed by atoms with Crippen molar-refractivity contribution in [3.8, 4) is 5.88 Å². The zero-order valence-electron chi connectivity index (χ0n) is 16.7. The smallest absolute Gasteiger partial charge is 0.415 e. The molecule has 0 radical (unpaired) electrons. The molecular formula is C19H19F7N4OS. The number of nitrogens with zero attached hydrogens (tertiary/aromatic N) is 3. The molecular weight excluding hydrogens is 465 g/mol. The average Bonchev–Trinajstić information content (AvgIpc) is 3.20. The SMILES string of the molecule is C=C(Nc1ccnc(SC)c1)c1c(C(F)(F)F)c(OC(F)F)nn1CC1CCC(F)(F)C1. The summed E-state index contributed by atoms with van der Waals surface area (Å²) < 4.78 is 99.1. The maximum atomic E-state index is 13.8. The highest BCUT2D eigenvalue weighted by Crippen LogP contribution is 2.44. The third-order valence-corrected chi connectivity index (χ3v) is 5.51. The van der Waals surface area contributed by atoms with Gasteiger partial charge in [0.25, 0.3) is 5.88 Å². The van der Waals surface area contributed by atoms with Gasteiger partial charge in [-0.15, -0.1) is 16.9 Å². The van der Waals surface area contributed by atoms with E-state index in [2.05, 4.69) is 26.7 Å². The summed E-state index contributed by atoms with van der Waals surface area (Å²) in [4.78, 5) is 4.05. The van der Waals surface area contributed by atoms with Crippen LogP contribution in [0.4, 0.5) is 36.4 Å². The van der Waals surface area contributed by atoms with E-state index in [1.165, 1.54) is 24.0 Å². The average molecular weight is 484 g/mol. The molecule has 0 aliphatic heterocycles. The zero-order chi connectivity index (χ0) is 23.7. The summed E-state index contributed by atoms with van der Waals surface area (Å²) in [7, 11) is 0. The fourth-order valence-corrected chi connectivity index (χ4v) is 3.99. The number of rotatable bonds is 8. The van der Waals surface area contributed by atoms with E-state index in [0.29, 0.717) is 10.7 Å². The summed E-state index contributed by atoms with van der Waals surface area (Å²) in [6.45, 7) is -0.285. The fraction of sp³-hybridized carbons (Fsp3) is 0.474. The Labute approximate surface area is 183 Å². The lowest BCUT2D eigenvalue weighted by atomic mass is 10.1. The highest BCUT2D eigenvalue weighted by Gasteiger charge is 2.44. The lowest BCUT2D eigenvalue weighted by molar-refractivity contribution is -0.142. The number of aromatic nitrogens is 3. The number of thioether (sulfide) groups is 1. The van der Waals surface area contributed by atoms with Gasteiger partial charge < -0.3 is 10.1 Å². The Hall–Kier alpha value is -2.44. The van der Waals surface area contributed by atoms with Crippen molar-refractivity contribution in [1.29, 1.82) is 0 Å². The molecule has 32 heavy (non-hydrogen) atoms. The number of halogens is 7. The predicted molar refractivity (Wildman–Crippen MR) is 105 cm³/mol. The molecule has 1 aliphatic carbocycles. The Kier molecular flexibility index (Phi) is 6.96. The van der Waals surface area contributed by atoms with Gasteiger partial charge in [0.2, 0.25) is 5.92 Å². The first kappa shape index (κ1) is 24.2. The van der Waals surface area contributed by atoms with Crippen LogP contribution < -0.4 is 10.1 Å². The Balaban J connectivity index is 2.03. The van der Waals surface area contributed by atoms with Gasteiger partial charge in [0.15, 0.2) is 0 Å². The summed E-state index contributed by atoms with van der Waals surface area (Å²) >= 11 is 1.30. The van der Waals surface area contributed by atoms with Crippen LogP contribution in [-0.4, -0.2) is 33.6 Å². The molecule has 1 atom stereocenters. The molecule has 1 aliphatic rings. The highest BCUT2D eigenvalue weighted by molar-refractivity contribution is 7.98. The topological polar surface area (TPSA) is 52.0 Å². The van der Waals surface area contributed by atoms with Crippen LogP contribution in [0.1, 0.15) is 30.5 Å². The molecule has 0 bridgehead atoms. The van der Waals surface area contributed by atoms with Crippen LogP contribution >= 0.6 is 11.8 Å². The number of nitrogens with one attached hydrogen (secondary N) is 1. The third-order valence-electron chi connectivity index (χ3n) is 4.87. The molecule has 3 rings (SSSR count). The molecule has 1 unspecified atom stereocenters. The first-order valence-electron chi connectivity index (χ1n) is 9.36. The lowest BCUT2D eigenvalue weighted by Gasteiger charge is -2.17. The van der Waals surface area contributed by atoms with Crippen LogP contribution in [0.3, 0.4) is 0 Å². The maximum Gasteiger partial charge on any atom is 0.423 e. The largest absolute Gasteiger partial charge is 0.423 e. The van der Waals surface area contributed by atoms with E-state index < -0.39 is 54.6 Å². The molecule has 176 valence electrons. The number of hydrogen-bond acceptors (Lipinski definition) is 5. The minimum Gasteiger partial charge on any atom is -0.415 e. The molecule has 2 heterocycles. The molecule has 1 N–H and O–H groups in total. The zero-order valence-corrected chi connectivity index (χ0v) is 17.5. The van der Waals surface area contributed by atoms with E-state index >= 15 is 0 Å². The highest BCUT2D eigenvalue weighted by atomic mass is 32.2. The number of anilines is 1. The third kappa shape index (κ3) is 5.67. The van der Waals surface area contributed by atoms with Gasteiger partial charge in [-0.1, -0.05) is 6.58 Å². The second-order valence-corrected chi connectivity index (χ2v) is 8.07. The monoisotopic (exact) mass is 484 g/mol. The lowest BCUT2D eigenvalue weighted by Crippen LogP contribution is -2.18. The molecule has 5 nitrogen and oxygen atoms in total. The van der Waals surface area contributed by atoms with Crippen molar-refractivity contribution in [3.05, 3.63) is 36.2 Å². The van der Waals surface area contributed by atoms with Crippen molar-refractivity contribution in [1.82, 2.24) is 14.8 Å². The van der Waals surface area contributed by atoms with Crippen molar-refractivity contribution < 1.29 is 35.5 Å². The quantitative estimate of drug-likeness (QED) is 0.361. The van der Waals surface area contributed by atoms with Crippen LogP contribution in [0.15, 0.2) is 29.9 Å². The standard InChI is InChI=1S/C19H19F7N4OS/c1-10(28-12-4-6-27-13(7-12)32-2)15-14(19(24,25)26)16(31-17(20)21)29-30(15)9-11-3-5-18(22,23)8-11/h4,6-7,11,17H,1,3,5,8-9H2,2H3,(H,27,28). The Morgan fingerprint density at radius 2 is 2.12 bits per heavy atom. The molecule has 13 heteroatoms. The van der Waals surface area contributed by atoms with Crippen molar-refractivity contribution >= 4 is 23.1 Å². The minimum atomic E-state index is -5.12. The van der Waals surface area contributed by atoms with Gasteiger partial charge in [-0.3, -0.25) is 4.68 Å². The number of alkyl halides is 7. The van der Waals surface area contributed by atoms with Crippen LogP contribution in [0, 0.1) is 5.92 Å². The molecule has 0 spiro atoms. The van der Waals surface area contributed by atoms with Crippen LogP contribution in [-0.2, 0) is 12.7 Å². The van der Waals surface area contributed by atoms with E-state index in [4.69, 9.17) is 0 Å². The van der Waals surface area contributed by atoms with Crippen molar-refractivity contribution in [2.45, 2.75) is 49.5 Å². The van der Waals surface area contributed by atoms with Gasteiger partial charge in [0, 0.05) is 31.3 Å². The van der Waals surface area contributed by atoms with Gasteiger partial charge in [0.05, 0.1) is 10.7 Å². The van der Waals surface area contributed by atoms with Crippen molar-refractivity contribution in [2.24, 2.45) is 5.92 Å². The van der Waals surface area contributed by atoms with E-state index in [1.54, 1.807) is 12.3 Å². The summed E-state index contributed by atoms with van der Waals surface area (Å²) in [5.74, 6) is -4.97. The Morgan fingerprint density at radius 1 is 1.41 bits per heavy atom. The van der Waals surface area contributed by atoms with Crippen LogP contribution in [0.2, 0.25) is 0 Å². The first-order chi connectivity index (χ1) is 14.9. The van der Waals surface area contributed by atoms with Crippen LogP contribution in [0.25, 0.3) is 5.70 Å². The molecule has 0 aromatic carbocycles. The van der Waals surface area contributed by atoms with Gasteiger partial charge in [-0.2, -0.15) is 22.0 Å². The second kappa shape index (κ2) is 9.20. The second-order valence-electron chi connectivity index (χ2n) is 7.24. The van der Waals surface area contributed by atoms with Gasteiger partial charge in [-0.05, 0) is 30.7 Å². The molecule has 1 saturated carbocycles. The maximum absolute atomic E-state index is 13.8. The minimum absolute atomic E-state index is 0.0556. The first-order valence-corrected chi connectivity index (χ1v) is 10.6. The van der Waals surface area contributed by atoms with Gasteiger partial charge >= 0.3 is 12.8 Å². The summed E-state index contributed by atoms with van der Waals surface area (Å²) in [6, 6.07) is 3.03. The van der Waals surface area contributed by atoms with Gasteiger partial charge in [0.1, 0.15) is 11.3 Å². The summed E-state index contributed by atoms with van der Waals surface area (Å²) in [6.07, 6.45) is -2.84. The van der Waals surface area contributed by atoms with E-state index in [-0.39, 0.29) is 18.7 Å². The fourth-order valence-electron chi connectivity index (χ4n) is 3.58. The Morgan fingerprint density at radius 3 is 2.69 bits per heavy atom. The van der Waals surface area contributed by atoms with Crippen LogP contribution in [0.5, 0.6) is 5.88 Å². The predicted octanol–water partition coefficient (Wildman–Crippen LogP) is 6.14. The normalized spacial score (nSPS) is 18.2. The number of hydrogen-bond donors (Lipinski definition) is 1. The van der Waals surface area contributed by atoms with Crippen molar-refractivity contribution in [2.75, 3.05) is 11.6 Å². The number of pyridine rings is 1. The Bertz CT molecular complexity index is 977. The van der Waals surface area contributed by atoms with E-state index in [9.17, 15) is 30.7 Å². The summed E-state index contributed by atoms with van der Waals surface area (Å²) in [5, 5.41) is 6.82. The van der Waals surface area contributed by atoms with Crippen molar-refractivity contribution in [3.63, 3.8) is 0 Å². The van der Waals surface area contributed by atoms with E-state index in [0.717, 1.165) is 4.68 Å². The van der Waals surface area contributed by atoms with E-state index in [1.807, 2.05) is 0 Å². The molecule has 1 fully saturated rings. The summed E-state index contributed by atoms with van der Waals surface area (Å²) in [5.41, 5.74) is -2.18. The molecule has 2 aromatic heterocycles. The molecule has 0 saturated heterocycles. The molecule has 2 aromatic rings. The van der Waals surface area contributed by atoms with Gasteiger partial charge in [-0.25, -0.2) is 13.8 Å².